The van der Waals surface area contributed by atoms with Crippen molar-refractivity contribution in [1.82, 2.24) is 15.0 Å². The molecule has 1 amide bonds. The molecule has 3 aromatic carbocycles. The van der Waals surface area contributed by atoms with Crippen LogP contribution in [0.1, 0.15) is 49.1 Å². The lowest BCUT2D eigenvalue weighted by molar-refractivity contribution is -0.132. The van der Waals surface area contributed by atoms with E-state index >= 15 is 0 Å². The Hall–Kier alpha value is -4.65. The van der Waals surface area contributed by atoms with Crippen LogP contribution < -0.4 is 4.90 Å². The maximum absolute atomic E-state index is 13.6. The first kappa shape index (κ1) is 23.7. The minimum Gasteiger partial charge on any atom is -0.507 e. The number of carbonyl (C=O) groups excluding carboxylic acids is 2. The van der Waals surface area contributed by atoms with E-state index in [4.69, 9.17) is 0 Å². The first-order valence-corrected chi connectivity index (χ1v) is 12.6. The summed E-state index contributed by atoms with van der Waals surface area (Å²) in [6.45, 7) is 8.36. The number of hydrogen-bond acceptors (Lipinski definition) is 4. The second-order valence-electron chi connectivity index (χ2n) is 10.9. The topological polar surface area (TPSA) is 102 Å². The normalized spacial score (nSPS) is 17.7. The van der Waals surface area contributed by atoms with Crippen molar-refractivity contribution in [3.8, 4) is 0 Å². The molecule has 1 fully saturated rings. The second-order valence-corrected chi connectivity index (χ2v) is 10.9. The molecule has 1 aliphatic rings. The fraction of sp³-hybridized carbons (Fsp3) is 0.194. The summed E-state index contributed by atoms with van der Waals surface area (Å²) in [6, 6.07) is 20.3. The molecule has 1 unspecified atom stereocenters. The molecule has 1 atom stereocenters. The number of Topliss-reactive ketones (excluding diaryl/α,β-unsaturated/α-hetero) is 1. The third-order valence-electron chi connectivity index (χ3n) is 7.23. The van der Waals surface area contributed by atoms with Crippen LogP contribution in [0, 0.1) is 6.92 Å². The molecule has 3 N–H and O–H groups in total. The fourth-order valence-electron chi connectivity index (χ4n) is 5.17. The van der Waals surface area contributed by atoms with Gasteiger partial charge in [-0.25, -0.2) is 4.98 Å². The number of aromatic nitrogens is 3. The van der Waals surface area contributed by atoms with Crippen LogP contribution in [-0.4, -0.2) is 31.7 Å². The molecular formula is C31H28N4O3. The number of aryl methyl sites for hydroxylation is 1. The zero-order chi connectivity index (χ0) is 26.8. The van der Waals surface area contributed by atoms with Crippen molar-refractivity contribution in [2.24, 2.45) is 0 Å². The summed E-state index contributed by atoms with van der Waals surface area (Å²) in [5, 5.41) is 12.3. The van der Waals surface area contributed by atoms with Gasteiger partial charge in [0.2, 0.25) is 5.95 Å². The Kier molecular flexibility index (Phi) is 5.28. The van der Waals surface area contributed by atoms with Gasteiger partial charge in [-0.1, -0.05) is 69.3 Å². The number of ketones is 1. The van der Waals surface area contributed by atoms with Crippen LogP contribution in [0.25, 0.3) is 27.7 Å². The molecule has 7 heteroatoms. The maximum Gasteiger partial charge on any atom is 0.302 e. The van der Waals surface area contributed by atoms with Crippen LogP contribution in [0.2, 0.25) is 0 Å². The summed E-state index contributed by atoms with van der Waals surface area (Å²) >= 11 is 0. The van der Waals surface area contributed by atoms with Gasteiger partial charge in [-0.2, -0.15) is 0 Å². The molecule has 6 rings (SSSR count). The van der Waals surface area contributed by atoms with E-state index in [2.05, 4.69) is 35.7 Å². The number of H-pyrrole nitrogens is 2. The molecule has 0 radical (unpaired) electrons. The van der Waals surface area contributed by atoms with E-state index in [1.165, 1.54) is 4.90 Å². The number of benzene rings is 3. The van der Waals surface area contributed by atoms with Gasteiger partial charge in [0.15, 0.2) is 0 Å². The van der Waals surface area contributed by atoms with Gasteiger partial charge in [0.05, 0.1) is 22.6 Å². The van der Waals surface area contributed by atoms with E-state index in [-0.39, 0.29) is 22.7 Å². The molecule has 2 aromatic heterocycles. The van der Waals surface area contributed by atoms with E-state index in [1.807, 2.05) is 73.7 Å². The summed E-state index contributed by atoms with van der Waals surface area (Å²) in [6.07, 6.45) is 1.66. The van der Waals surface area contributed by atoms with Gasteiger partial charge in [-0.15, -0.1) is 0 Å². The zero-order valence-electron chi connectivity index (χ0n) is 21.7. The summed E-state index contributed by atoms with van der Waals surface area (Å²) < 4.78 is 0. The van der Waals surface area contributed by atoms with Gasteiger partial charge in [-0.3, -0.25) is 14.5 Å². The number of nitrogens with zero attached hydrogens (tertiary/aromatic N) is 2. The number of nitrogens with one attached hydrogen (secondary N) is 2. The minimum absolute atomic E-state index is 0.0277. The Morgan fingerprint density at radius 2 is 1.71 bits per heavy atom. The third-order valence-corrected chi connectivity index (χ3v) is 7.23. The molecule has 3 heterocycles. The standard InChI is InChI=1S/C31H28N4O3/c1-17-9-14-23-24(15-17)34-30(33-23)35-26(18-10-12-19(13-11-18)31(2,3)4)25(28(37)29(35)38)27(36)21-16-32-22-8-6-5-7-20(21)22/h5-16,26,32,36H,1-4H3,(H,33,34)/b27-25+. The van der Waals surface area contributed by atoms with E-state index in [9.17, 15) is 14.7 Å². The minimum atomic E-state index is -0.862. The van der Waals surface area contributed by atoms with Crippen molar-refractivity contribution in [3.63, 3.8) is 0 Å². The number of carbonyl (C=O) groups is 2. The lowest BCUT2D eigenvalue weighted by Crippen LogP contribution is -2.30. The number of fused-ring (bicyclic) bond motifs is 2. The van der Waals surface area contributed by atoms with E-state index in [0.717, 1.165) is 27.5 Å². The van der Waals surface area contributed by atoms with Crippen LogP contribution in [-0.2, 0) is 15.0 Å². The van der Waals surface area contributed by atoms with Gasteiger partial charge >= 0.3 is 5.91 Å². The first-order chi connectivity index (χ1) is 18.1. The highest BCUT2D eigenvalue weighted by atomic mass is 16.3. The average Bonchev–Trinajstić information content (AvgIpc) is 3.57. The number of hydrogen-bond donors (Lipinski definition) is 3. The number of aliphatic hydroxyl groups is 1. The van der Waals surface area contributed by atoms with Crippen LogP contribution in [0.4, 0.5) is 5.95 Å². The smallest absolute Gasteiger partial charge is 0.302 e. The molecule has 1 saturated heterocycles. The highest BCUT2D eigenvalue weighted by Gasteiger charge is 2.48. The second kappa shape index (κ2) is 8.45. The molecule has 38 heavy (non-hydrogen) atoms. The van der Waals surface area contributed by atoms with Crippen LogP contribution in [0.5, 0.6) is 0 Å². The molecule has 5 aromatic rings. The average molecular weight is 505 g/mol. The van der Waals surface area contributed by atoms with Crippen molar-refractivity contribution < 1.29 is 14.7 Å². The number of imidazole rings is 1. The number of rotatable bonds is 3. The Bertz CT molecular complexity index is 1770. The Labute approximate surface area is 219 Å². The predicted molar refractivity (Wildman–Crippen MR) is 149 cm³/mol. The monoisotopic (exact) mass is 504 g/mol. The summed E-state index contributed by atoms with van der Waals surface area (Å²) in [7, 11) is 0. The SMILES string of the molecule is Cc1ccc2nc(N3C(=O)C(=O)/C(=C(/O)c4c[nH]c5ccccc45)C3c3ccc(C(C)(C)C)cc3)[nH]c2c1. The fourth-order valence-corrected chi connectivity index (χ4v) is 5.17. The lowest BCUT2D eigenvalue weighted by Gasteiger charge is -2.24. The summed E-state index contributed by atoms with van der Waals surface area (Å²) in [5.41, 5.74) is 5.57. The van der Waals surface area contributed by atoms with Crippen LogP contribution in [0.15, 0.2) is 78.5 Å². The van der Waals surface area contributed by atoms with Gasteiger partial charge in [0.1, 0.15) is 5.76 Å². The predicted octanol–water partition coefficient (Wildman–Crippen LogP) is 6.28. The van der Waals surface area contributed by atoms with Crippen LogP contribution in [0.3, 0.4) is 0 Å². The Morgan fingerprint density at radius 1 is 0.974 bits per heavy atom. The quantitative estimate of drug-likeness (QED) is 0.153. The maximum atomic E-state index is 13.6. The number of amides is 1. The number of para-hydroxylation sites is 1. The molecule has 0 bridgehead atoms. The van der Waals surface area contributed by atoms with Crippen LogP contribution >= 0.6 is 0 Å². The number of anilines is 1. The molecule has 7 nitrogen and oxygen atoms in total. The van der Waals surface area contributed by atoms with Gasteiger partial charge in [-0.05, 0) is 47.2 Å². The third kappa shape index (κ3) is 3.70. The van der Waals surface area contributed by atoms with Crippen molar-refractivity contribution >= 4 is 45.3 Å². The molecular weight excluding hydrogens is 476 g/mol. The molecule has 0 aliphatic carbocycles. The summed E-state index contributed by atoms with van der Waals surface area (Å²) in [5.74, 6) is -1.46. The highest BCUT2D eigenvalue weighted by Crippen LogP contribution is 2.43. The largest absolute Gasteiger partial charge is 0.507 e. The van der Waals surface area contributed by atoms with Gasteiger partial charge < -0.3 is 15.1 Å². The molecule has 1 aliphatic heterocycles. The number of aliphatic hydroxyl groups excluding tert-OH is 1. The van der Waals surface area contributed by atoms with E-state index in [1.54, 1.807) is 6.20 Å². The van der Waals surface area contributed by atoms with Crippen molar-refractivity contribution in [1.29, 1.82) is 0 Å². The molecule has 190 valence electrons. The van der Waals surface area contributed by atoms with Gasteiger partial charge in [0, 0.05) is 22.7 Å². The highest BCUT2D eigenvalue weighted by molar-refractivity contribution is 6.51. The van der Waals surface area contributed by atoms with E-state index < -0.39 is 17.7 Å². The zero-order valence-corrected chi connectivity index (χ0v) is 21.7. The molecule has 0 saturated carbocycles. The summed E-state index contributed by atoms with van der Waals surface area (Å²) in [4.78, 5) is 39.5. The van der Waals surface area contributed by atoms with Crippen molar-refractivity contribution in [2.45, 2.75) is 39.2 Å². The van der Waals surface area contributed by atoms with Crippen molar-refractivity contribution in [2.75, 3.05) is 4.90 Å². The van der Waals surface area contributed by atoms with Gasteiger partial charge in [0.25, 0.3) is 5.78 Å². The first-order valence-electron chi connectivity index (χ1n) is 12.6. The Morgan fingerprint density at radius 3 is 2.45 bits per heavy atom. The van der Waals surface area contributed by atoms with E-state index in [0.29, 0.717) is 16.6 Å². The Balaban J connectivity index is 1.57. The van der Waals surface area contributed by atoms with Crippen molar-refractivity contribution in [3.05, 3.63) is 101 Å². The number of aromatic amines is 2. The molecule has 0 spiro atoms. The lowest BCUT2D eigenvalue weighted by atomic mass is 9.85.